The number of hydrogen-bond acceptors (Lipinski definition) is 4. The number of carbonyl (C=O) groups excluding carboxylic acids is 2. The molecule has 2 aromatic carbocycles. The van der Waals surface area contributed by atoms with Gasteiger partial charge in [0.05, 0.1) is 11.4 Å². The van der Waals surface area contributed by atoms with Gasteiger partial charge in [-0.2, -0.15) is 0 Å². The molecule has 1 fully saturated rings. The first-order valence-electron chi connectivity index (χ1n) is 10.9. The van der Waals surface area contributed by atoms with Crippen LogP contribution in [-0.4, -0.2) is 28.1 Å². The van der Waals surface area contributed by atoms with Gasteiger partial charge < -0.3 is 4.90 Å². The molecule has 0 N–H and O–H groups in total. The zero-order chi connectivity index (χ0) is 22.3. The minimum atomic E-state index is -0.208. The van der Waals surface area contributed by atoms with E-state index in [1.54, 1.807) is 0 Å². The molecule has 0 bridgehead atoms. The third kappa shape index (κ3) is 4.03. The van der Waals surface area contributed by atoms with Gasteiger partial charge in [0.1, 0.15) is 0 Å². The van der Waals surface area contributed by atoms with E-state index in [0.717, 1.165) is 41.4 Å². The lowest BCUT2D eigenvalue weighted by Gasteiger charge is -2.47. The largest absolute Gasteiger partial charge is 0.366 e. The van der Waals surface area contributed by atoms with Crippen molar-refractivity contribution in [2.75, 3.05) is 11.4 Å². The van der Waals surface area contributed by atoms with Crippen LogP contribution < -0.4 is 4.90 Å². The highest BCUT2D eigenvalue weighted by Gasteiger charge is 2.37. The Morgan fingerprint density at radius 2 is 1.87 bits per heavy atom. The summed E-state index contributed by atoms with van der Waals surface area (Å²) in [6, 6.07) is 14.1. The van der Waals surface area contributed by atoms with Gasteiger partial charge in [0.15, 0.2) is 0 Å². The van der Waals surface area contributed by atoms with Crippen molar-refractivity contribution in [3.05, 3.63) is 69.6 Å². The van der Waals surface area contributed by atoms with Crippen LogP contribution in [0.5, 0.6) is 0 Å². The summed E-state index contributed by atoms with van der Waals surface area (Å²) in [5.74, 6) is 0.231. The zero-order valence-corrected chi connectivity index (χ0v) is 19.8. The molecule has 2 aromatic rings. The van der Waals surface area contributed by atoms with E-state index >= 15 is 0 Å². The highest BCUT2D eigenvalue weighted by atomic mass is 32.2. The van der Waals surface area contributed by atoms with E-state index in [4.69, 9.17) is 0 Å². The molecule has 4 rings (SSSR count). The molecule has 0 saturated carbocycles. The van der Waals surface area contributed by atoms with Crippen molar-refractivity contribution in [1.82, 2.24) is 4.90 Å². The van der Waals surface area contributed by atoms with E-state index in [2.05, 4.69) is 51.7 Å². The number of imide groups is 1. The molecule has 2 aliphatic heterocycles. The number of rotatable bonds is 4. The molecule has 2 heterocycles. The van der Waals surface area contributed by atoms with Crippen LogP contribution in [0.1, 0.15) is 62.3 Å². The van der Waals surface area contributed by atoms with E-state index in [0.29, 0.717) is 17.4 Å². The highest BCUT2D eigenvalue weighted by Crippen LogP contribution is 2.45. The highest BCUT2D eigenvalue weighted by molar-refractivity contribution is 8.18. The second kappa shape index (κ2) is 8.19. The van der Waals surface area contributed by atoms with Crippen LogP contribution >= 0.6 is 11.8 Å². The van der Waals surface area contributed by atoms with Gasteiger partial charge in [0.2, 0.25) is 0 Å². The number of hydrogen-bond donors (Lipinski definition) is 0. The number of anilines is 1. The zero-order valence-electron chi connectivity index (χ0n) is 18.9. The minimum Gasteiger partial charge on any atom is -0.366 e. The van der Waals surface area contributed by atoms with E-state index in [9.17, 15) is 9.59 Å². The first-order valence-corrected chi connectivity index (χ1v) is 11.7. The fourth-order valence-electron chi connectivity index (χ4n) is 4.95. The number of fused-ring (bicyclic) bond motifs is 1. The topological polar surface area (TPSA) is 40.6 Å². The monoisotopic (exact) mass is 434 g/mol. The van der Waals surface area contributed by atoms with Crippen LogP contribution in [0, 0.1) is 6.92 Å². The summed E-state index contributed by atoms with van der Waals surface area (Å²) in [6.07, 6.45) is 2.98. The van der Waals surface area contributed by atoms with Gasteiger partial charge in [-0.05, 0) is 92.3 Å². The second-order valence-corrected chi connectivity index (χ2v) is 10.2. The van der Waals surface area contributed by atoms with Gasteiger partial charge in [0, 0.05) is 17.8 Å². The van der Waals surface area contributed by atoms with Crippen molar-refractivity contribution in [3.8, 4) is 0 Å². The molecule has 0 aliphatic carbocycles. The average Bonchev–Trinajstić information content (AvgIpc) is 2.97. The summed E-state index contributed by atoms with van der Waals surface area (Å²) in [7, 11) is 0. The molecule has 2 aliphatic rings. The molecule has 4 nitrogen and oxygen atoms in total. The Labute approximate surface area is 189 Å². The third-order valence-corrected chi connectivity index (χ3v) is 7.34. The van der Waals surface area contributed by atoms with Gasteiger partial charge in [0.25, 0.3) is 11.1 Å². The Hall–Kier alpha value is -2.53. The molecule has 1 atom stereocenters. The van der Waals surface area contributed by atoms with Crippen LogP contribution in [-0.2, 0) is 11.3 Å². The standard InChI is InChI=1S/C26H30N2O2S/c1-6-28-22-12-17(2)20(13-21(22)18(3)15-26(28,4)5)14-23-24(29)27(25(30)31-23)16-19-10-8-7-9-11-19/h7-14,18H,6,15-16H2,1-5H3/b23-14-/t18-/m1/s1. The molecular weight excluding hydrogens is 404 g/mol. The molecule has 0 aromatic heterocycles. The summed E-state index contributed by atoms with van der Waals surface area (Å²) in [4.78, 5) is 29.8. The molecule has 5 heteroatoms. The van der Waals surface area contributed by atoms with Crippen molar-refractivity contribution in [3.63, 3.8) is 0 Å². The fourth-order valence-corrected chi connectivity index (χ4v) is 5.78. The molecule has 2 amide bonds. The predicted octanol–water partition coefficient (Wildman–Crippen LogP) is 6.34. The van der Waals surface area contributed by atoms with Crippen molar-refractivity contribution < 1.29 is 9.59 Å². The molecule has 0 spiro atoms. The summed E-state index contributed by atoms with van der Waals surface area (Å²) >= 11 is 1.04. The van der Waals surface area contributed by atoms with Gasteiger partial charge in [-0.25, -0.2) is 0 Å². The summed E-state index contributed by atoms with van der Waals surface area (Å²) in [6.45, 7) is 12.5. The van der Waals surface area contributed by atoms with E-state index in [1.807, 2.05) is 36.4 Å². The fraction of sp³-hybridized carbons (Fsp3) is 0.385. The third-order valence-electron chi connectivity index (χ3n) is 6.43. The summed E-state index contributed by atoms with van der Waals surface area (Å²) in [5, 5.41) is -0.206. The number of thioether (sulfide) groups is 1. The maximum absolute atomic E-state index is 13.0. The number of aryl methyl sites for hydroxylation is 1. The normalized spacial score (nSPS) is 21.7. The Bertz CT molecular complexity index is 1060. The Kier molecular flexibility index (Phi) is 5.73. The van der Waals surface area contributed by atoms with Gasteiger partial charge in [-0.1, -0.05) is 37.3 Å². The maximum Gasteiger partial charge on any atom is 0.293 e. The van der Waals surface area contributed by atoms with Crippen LogP contribution in [0.15, 0.2) is 47.4 Å². The van der Waals surface area contributed by atoms with Crippen LogP contribution in [0.25, 0.3) is 6.08 Å². The molecule has 162 valence electrons. The number of nitrogens with zero attached hydrogens (tertiary/aromatic N) is 2. The van der Waals surface area contributed by atoms with E-state index in [-0.39, 0.29) is 16.7 Å². The molecule has 0 unspecified atom stereocenters. The number of carbonyl (C=O) groups is 2. The van der Waals surface area contributed by atoms with Crippen LogP contribution in [0.3, 0.4) is 0 Å². The van der Waals surface area contributed by atoms with Crippen LogP contribution in [0.4, 0.5) is 10.5 Å². The van der Waals surface area contributed by atoms with Gasteiger partial charge in [-0.3, -0.25) is 14.5 Å². The predicted molar refractivity (Wildman–Crippen MR) is 129 cm³/mol. The Morgan fingerprint density at radius 1 is 1.16 bits per heavy atom. The molecule has 0 radical (unpaired) electrons. The molecular formula is C26H30N2O2S. The lowest BCUT2D eigenvalue weighted by molar-refractivity contribution is -0.123. The van der Waals surface area contributed by atoms with Crippen LogP contribution in [0.2, 0.25) is 0 Å². The smallest absolute Gasteiger partial charge is 0.293 e. The number of amides is 2. The molecule has 31 heavy (non-hydrogen) atoms. The Morgan fingerprint density at radius 3 is 2.55 bits per heavy atom. The van der Waals surface area contributed by atoms with Crippen molar-refractivity contribution in [1.29, 1.82) is 0 Å². The molecule has 1 saturated heterocycles. The SMILES string of the molecule is CCN1c2cc(C)c(/C=C3\SC(=O)N(Cc4ccccc4)C3=O)cc2[C@H](C)CC1(C)C. The lowest BCUT2D eigenvalue weighted by Crippen LogP contribution is -2.48. The van der Waals surface area contributed by atoms with Crippen molar-refractivity contribution in [2.24, 2.45) is 0 Å². The van der Waals surface area contributed by atoms with Crippen molar-refractivity contribution >= 4 is 34.7 Å². The van der Waals surface area contributed by atoms with E-state index < -0.39 is 0 Å². The van der Waals surface area contributed by atoms with Gasteiger partial charge in [-0.15, -0.1) is 0 Å². The van der Waals surface area contributed by atoms with Crippen molar-refractivity contribution in [2.45, 2.75) is 59.0 Å². The maximum atomic E-state index is 13.0. The first kappa shape index (κ1) is 21.7. The quantitative estimate of drug-likeness (QED) is 0.526. The average molecular weight is 435 g/mol. The first-order chi connectivity index (χ1) is 14.7. The summed E-state index contributed by atoms with van der Waals surface area (Å²) < 4.78 is 0. The number of benzene rings is 2. The minimum absolute atomic E-state index is 0.120. The lowest BCUT2D eigenvalue weighted by atomic mass is 9.79. The second-order valence-electron chi connectivity index (χ2n) is 9.18. The van der Waals surface area contributed by atoms with Gasteiger partial charge >= 0.3 is 0 Å². The summed E-state index contributed by atoms with van der Waals surface area (Å²) in [5.41, 5.74) is 5.82. The van der Waals surface area contributed by atoms with E-state index in [1.165, 1.54) is 16.2 Å². The Balaban J connectivity index is 1.66.